The second-order valence-electron chi connectivity index (χ2n) is 7.59. The molecule has 0 radical (unpaired) electrons. The van der Waals surface area contributed by atoms with E-state index < -0.39 is 17.9 Å². The molecule has 1 aliphatic heterocycles. The minimum atomic E-state index is -0.776. The lowest BCUT2D eigenvalue weighted by molar-refractivity contribution is -0.139. The Morgan fingerprint density at radius 1 is 0.971 bits per heavy atom. The van der Waals surface area contributed by atoms with Crippen molar-refractivity contribution in [1.82, 2.24) is 4.90 Å². The fourth-order valence-corrected chi connectivity index (χ4v) is 3.89. The first-order valence-corrected chi connectivity index (χ1v) is 11.4. The van der Waals surface area contributed by atoms with E-state index in [0.717, 1.165) is 5.56 Å². The number of nitrogens with zero attached hydrogens (tertiary/aromatic N) is 1. The minimum Gasteiger partial charge on any atom is -0.504 e. The van der Waals surface area contributed by atoms with Crippen molar-refractivity contribution in [1.29, 1.82) is 0 Å². The molecule has 1 heterocycles. The van der Waals surface area contributed by atoms with E-state index in [9.17, 15) is 14.7 Å². The van der Waals surface area contributed by atoms with Crippen LogP contribution in [0.4, 0.5) is 0 Å². The van der Waals surface area contributed by atoms with Crippen LogP contribution < -0.4 is 4.74 Å². The molecular formula is C26H28ClNO6. The molecule has 2 aromatic carbocycles. The summed E-state index contributed by atoms with van der Waals surface area (Å²) >= 11 is 5.97. The van der Waals surface area contributed by atoms with Crippen LogP contribution >= 0.6 is 11.6 Å². The lowest BCUT2D eigenvalue weighted by Crippen LogP contribution is -2.30. The van der Waals surface area contributed by atoms with Gasteiger partial charge in [0.15, 0.2) is 11.5 Å². The molecule has 0 fully saturated rings. The fraction of sp³-hybridized carbons (Fsp3) is 0.308. The van der Waals surface area contributed by atoms with Gasteiger partial charge in [-0.3, -0.25) is 0 Å². The smallest absolute Gasteiger partial charge is 0.336 e. The molecule has 7 nitrogen and oxygen atoms in total. The molecule has 180 valence electrons. The molecule has 2 aromatic rings. The molecular weight excluding hydrogens is 458 g/mol. The van der Waals surface area contributed by atoms with Gasteiger partial charge in [0.1, 0.15) is 0 Å². The Kier molecular flexibility index (Phi) is 8.60. The first-order valence-electron chi connectivity index (χ1n) is 11.0. The van der Waals surface area contributed by atoms with E-state index in [2.05, 4.69) is 0 Å². The van der Waals surface area contributed by atoms with Crippen molar-refractivity contribution in [3.8, 4) is 11.5 Å². The normalized spacial score (nSPS) is 13.7. The zero-order chi connectivity index (χ0) is 24.7. The van der Waals surface area contributed by atoms with Crippen LogP contribution in [0.25, 0.3) is 0 Å². The van der Waals surface area contributed by atoms with Crippen molar-refractivity contribution in [3.63, 3.8) is 0 Å². The van der Waals surface area contributed by atoms with E-state index >= 15 is 0 Å². The molecule has 34 heavy (non-hydrogen) atoms. The van der Waals surface area contributed by atoms with E-state index in [0.29, 0.717) is 23.6 Å². The molecule has 8 heteroatoms. The van der Waals surface area contributed by atoms with Gasteiger partial charge in [-0.05, 0) is 55.7 Å². The van der Waals surface area contributed by atoms with Gasteiger partial charge in [-0.25, -0.2) is 9.59 Å². The molecule has 0 unspecified atom stereocenters. The van der Waals surface area contributed by atoms with Crippen LogP contribution in [0, 0.1) is 0 Å². The van der Waals surface area contributed by atoms with Crippen LogP contribution in [0.15, 0.2) is 66.0 Å². The number of halogens is 1. The van der Waals surface area contributed by atoms with Crippen molar-refractivity contribution >= 4 is 23.5 Å². The van der Waals surface area contributed by atoms with Crippen LogP contribution in [-0.2, 0) is 25.5 Å². The highest BCUT2D eigenvalue weighted by Gasteiger charge is 2.36. The van der Waals surface area contributed by atoms with Gasteiger partial charge in [0, 0.05) is 24.0 Å². The largest absolute Gasteiger partial charge is 0.504 e. The number of phenols is 1. The molecule has 0 bridgehead atoms. The highest BCUT2D eigenvalue weighted by Crippen LogP contribution is 2.40. The molecule has 0 saturated heterocycles. The van der Waals surface area contributed by atoms with E-state index in [4.69, 9.17) is 25.8 Å². The Morgan fingerprint density at radius 2 is 1.56 bits per heavy atom. The summed E-state index contributed by atoms with van der Waals surface area (Å²) < 4.78 is 15.7. The predicted octanol–water partition coefficient (Wildman–Crippen LogP) is 4.59. The quantitative estimate of drug-likeness (QED) is 0.520. The molecule has 1 aliphatic rings. The number of esters is 2. The molecule has 3 rings (SSSR count). The molecule has 0 aliphatic carbocycles. The summed E-state index contributed by atoms with van der Waals surface area (Å²) in [5, 5.41) is 11.0. The third-order valence-electron chi connectivity index (χ3n) is 5.36. The van der Waals surface area contributed by atoms with Crippen molar-refractivity contribution < 1.29 is 28.9 Å². The SMILES string of the molecule is CCOC(=O)C1=CN(CCc2ccc(Cl)cc2)C=C(C(=O)OCC)C1c1ccc(OC)c(O)c1. The first kappa shape index (κ1) is 25.2. The summed E-state index contributed by atoms with van der Waals surface area (Å²) in [6, 6.07) is 12.3. The van der Waals surface area contributed by atoms with Crippen molar-refractivity contribution in [2.24, 2.45) is 0 Å². The summed E-state index contributed by atoms with van der Waals surface area (Å²) in [5.74, 6) is -1.69. The number of ether oxygens (including phenoxy) is 3. The average molecular weight is 486 g/mol. The van der Waals surface area contributed by atoms with Gasteiger partial charge in [-0.2, -0.15) is 0 Å². The lowest BCUT2D eigenvalue weighted by atomic mass is 9.83. The van der Waals surface area contributed by atoms with Crippen LogP contribution in [0.3, 0.4) is 0 Å². The van der Waals surface area contributed by atoms with Gasteiger partial charge >= 0.3 is 11.9 Å². The zero-order valence-corrected chi connectivity index (χ0v) is 20.2. The minimum absolute atomic E-state index is 0.100. The topological polar surface area (TPSA) is 85.3 Å². The maximum absolute atomic E-state index is 13.0. The Morgan fingerprint density at radius 3 is 2.06 bits per heavy atom. The van der Waals surface area contributed by atoms with Crippen LogP contribution in [0.2, 0.25) is 5.02 Å². The molecule has 0 spiro atoms. The van der Waals surface area contributed by atoms with E-state index in [1.165, 1.54) is 13.2 Å². The van der Waals surface area contributed by atoms with Gasteiger partial charge in [0.2, 0.25) is 0 Å². The number of rotatable bonds is 9. The number of carbonyl (C=O) groups excluding carboxylic acids is 2. The number of benzene rings is 2. The number of phenolic OH excluding ortho intramolecular Hbond substituents is 1. The van der Waals surface area contributed by atoms with Crippen molar-refractivity contribution in [3.05, 3.63) is 82.2 Å². The molecule has 0 amide bonds. The van der Waals surface area contributed by atoms with E-state index in [1.807, 2.05) is 24.3 Å². The van der Waals surface area contributed by atoms with Gasteiger partial charge in [0.25, 0.3) is 0 Å². The molecule has 1 N–H and O–H groups in total. The van der Waals surface area contributed by atoms with E-state index in [-0.39, 0.29) is 35.9 Å². The van der Waals surface area contributed by atoms with Gasteiger partial charge in [-0.15, -0.1) is 0 Å². The van der Waals surface area contributed by atoms with E-state index in [1.54, 1.807) is 43.3 Å². The summed E-state index contributed by atoms with van der Waals surface area (Å²) in [7, 11) is 1.45. The Labute approximate surface area is 204 Å². The van der Waals surface area contributed by atoms with Gasteiger partial charge < -0.3 is 24.2 Å². The summed E-state index contributed by atoms with van der Waals surface area (Å²) in [6.07, 6.45) is 4.02. The highest BCUT2D eigenvalue weighted by molar-refractivity contribution is 6.30. The Balaban J connectivity index is 2.02. The summed E-state index contributed by atoms with van der Waals surface area (Å²) in [5.41, 5.74) is 2.14. The number of aromatic hydroxyl groups is 1. The van der Waals surface area contributed by atoms with Gasteiger partial charge in [0.05, 0.1) is 37.4 Å². The Bertz CT molecular complexity index is 1060. The maximum Gasteiger partial charge on any atom is 0.336 e. The summed E-state index contributed by atoms with van der Waals surface area (Å²) in [4.78, 5) is 27.7. The second-order valence-corrected chi connectivity index (χ2v) is 8.02. The molecule has 0 saturated carbocycles. The number of hydrogen-bond donors (Lipinski definition) is 1. The fourth-order valence-electron chi connectivity index (χ4n) is 3.77. The van der Waals surface area contributed by atoms with Crippen molar-refractivity contribution in [2.45, 2.75) is 26.2 Å². The highest BCUT2D eigenvalue weighted by atomic mass is 35.5. The third kappa shape index (κ3) is 5.91. The third-order valence-corrected chi connectivity index (χ3v) is 5.61. The van der Waals surface area contributed by atoms with Crippen molar-refractivity contribution in [2.75, 3.05) is 26.9 Å². The molecule has 0 aromatic heterocycles. The van der Waals surface area contributed by atoms with Crippen LogP contribution in [0.5, 0.6) is 11.5 Å². The zero-order valence-electron chi connectivity index (χ0n) is 19.4. The lowest BCUT2D eigenvalue weighted by Gasteiger charge is -2.30. The Hall–Kier alpha value is -3.45. The number of hydrogen-bond acceptors (Lipinski definition) is 7. The number of methoxy groups -OCH3 is 1. The second kappa shape index (κ2) is 11.6. The molecule has 0 atom stereocenters. The van der Waals surface area contributed by atoms with Crippen LogP contribution in [-0.4, -0.2) is 48.8 Å². The van der Waals surface area contributed by atoms with Gasteiger partial charge in [-0.1, -0.05) is 29.8 Å². The maximum atomic E-state index is 13.0. The first-order chi connectivity index (χ1) is 16.4. The predicted molar refractivity (Wildman–Crippen MR) is 129 cm³/mol. The summed E-state index contributed by atoms with van der Waals surface area (Å²) in [6.45, 7) is 4.31. The van der Waals surface area contributed by atoms with Crippen LogP contribution in [0.1, 0.15) is 30.9 Å². The standard InChI is InChI=1S/C26H28ClNO6/c1-4-33-25(30)20-15-28(13-12-17-6-9-19(27)10-7-17)16-21(26(31)34-5-2)24(20)18-8-11-23(32-3)22(29)14-18/h6-11,14-16,24,29H,4-5,12-13H2,1-3H3. The monoisotopic (exact) mass is 485 g/mol. The number of carbonyl (C=O) groups is 2. The average Bonchev–Trinajstić information content (AvgIpc) is 2.83.